The Hall–Kier alpha value is -1.33. The molecule has 1 heterocycles. The maximum absolute atomic E-state index is 14.1. The fraction of sp³-hybridized carbons (Fsp3) is 0.214. The summed E-state index contributed by atoms with van der Waals surface area (Å²) in [5.74, 6) is -1.20. The van der Waals surface area contributed by atoms with Crippen LogP contribution in [0.4, 0.5) is 8.78 Å². The van der Waals surface area contributed by atoms with Gasteiger partial charge in [0.2, 0.25) is 0 Å². The highest BCUT2D eigenvalue weighted by Gasteiger charge is 2.23. The number of pyridine rings is 1. The third-order valence-electron chi connectivity index (χ3n) is 2.86. The SMILES string of the molecule is CNC(c1cccc(C)n1)c1c(F)ccc(Br)c1F. The molecule has 1 aromatic carbocycles. The van der Waals surface area contributed by atoms with Crippen molar-refractivity contribution in [3.63, 3.8) is 0 Å². The van der Waals surface area contributed by atoms with E-state index in [0.29, 0.717) is 5.69 Å². The van der Waals surface area contributed by atoms with Crippen LogP contribution in [0.5, 0.6) is 0 Å². The quantitative estimate of drug-likeness (QED) is 0.869. The highest BCUT2D eigenvalue weighted by molar-refractivity contribution is 9.10. The Labute approximate surface area is 119 Å². The van der Waals surface area contributed by atoms with Crippen molar-refractivity contribution in [1.82, 2.24) is 10.3 Å². The molecule has 0 aliphatic heterocycles. The molecule has 0 radical (unpaired) electrons. The molecule has 5 heteroatoms. The Morgan fingerprint density at radius 2 is 1.95 bits per heavy atom. The first-order valence-electron chi connectivity index (χ1n) is 5.78. The second-order valence-electron chi connectivity index (χ2n) is 4.18. The molecule has 0 amide bonds. The summed E-state index contributed by atoms with van der Waals surface area (Å²) >= 11 is 3.07. The number of nitrogens with one attached hydrogen (secondary N) is 1. The molecule has 0 saturated carbocycles. The number of aromatic nitrogens is 1. The first-order valence-corrected chi connectivity index (χ1v) is 6.58. The van der Waals surface area contributed by atoms with Gasteiger partial charge in [-0.1, -0.05) is 6.07 Å². The summed E-state index contributed by atoms with van der Waals surface area (Å²) in [6, 6.07) is 7.36. The molecule has 1 aromatic heterocycles. The van der Waals surface area contributed by atoms with Gasteiger partial charge < -0.3 is 5.32 Å². The second kappa shape index (κ2) is 5.75. The van der Waals surface area contributed by atoms with E-state index in [1.807, 2.05) is 19.1 Å². The third kappa shape index (κ3) is 2.82. The van der Waals surface area contributed by atoms with Crippen LogP contribution in [-0.2, 0) is 0 Å². The van der Waals surface area contributed by atoms with Crippen LogP contribution in [-0.4, -0.2) is 12.0 Å². The lowest BCUT2D eigenvalue weighted by Gasteiger charge is -2.18. The van der Waals surface area contributed by atoms with Crippen molar-refractivity contribution in [2.75, 3.05) is 7.05 Å². The number of nitrogens with zero attached hydrogens (tertiary/aromatic N) is 1. The van der Waals surface area contributed by atoms with Gasteiger partial charge in [0.15, 0.2) is 0 Å². The van der Waals surface area contributed by atoms with Gasteiger partial charge >= 0.3 is 0 Å². The Morgan fingerprint density at radius 1 is 1.21 bits per heavy atom. The Kier molecular flexibility index (Phi) is 4.27. The molecule has 1 N–H and O–H groups in total. The zero-order chi connectivity index (χ0) is 14.0. The van der Waals surface area contributed by atoms with Crippen molar-refractivity contribution in [3.05, 3.63) is 63.4 Å². The van der Waals surface area contributed by atoms with E-state index in [-0.39, 0.29) is 10.0 Å². The minimum Gasteiger partial charge on any atom is -0.308 e. The summed E-state index contributed by atoms with van der Waals surface area (Å²) in [6.07, 6.45) is 0. The van der Waals surface area contributed by atoms with Gasteiger partial charge in [-0.3, -0.25) is 4.98 Å². The molecule has 2 nitrogen and oxygen atoms in total. The van der Waals surface area contributed by atoms with Crippen molar-refractivity contribution in [2.24, 2.45) is 0 Å². The Morgan fingerprint density at radius 3 is 2.58 bits per heavy atom. The molecule has 0 spiro atoms. The molecule has 0 bridgehead atoms. The van der Waals surface area contributed by atoms with Crippen molar-refractivity contribution >= 4 is 15.9 Å². The van der Waals surface area contributed by atoms with E-state index in [9.17, 15) is 8.78 Å². The van der Waals surface area contributed by atoms with E-state index in [4.69, 9.17) is 0 Å². The predicted octanol–water partition coefficient (Wildman–Crippen LogP) is 3.74. The van der Waals surface area contributed by atoms with Gasteiger partial charge in [-0.15, -0.1) is 0 Å². The van der Waals surface area contributed by atoms with Gasteiger partial charge in [0.25, 0.3) is 0 Å². The van der Waals surface area contributed by atoms with E-state index in [2.05, 4.69) is 26.2 Å². The maximum Gasteiger partial charge on any atom is 0.145 e. The molecule has 0 fully saturated rings. The number of hydrogen-bond donors (Lipinski definition) is 1. The van der Waals surface area contributed by atoms with E-state index in [1.54, 1.807) is 13.1 Å². The van der Waals surface area contributed by atoms with Crippen LogP contribution in [0.2, 0.25) is 0 Å². The molecular formula is C14H13BrF2N2. The van der Waals surface area contributed by atoms with Crippen molar-refractivity contribution < 1.29 is 8.78 Å². The smallest absolute Gasteiger partial charge is 0.145 e. The molecule has 1 atom stereocenters. The standard InChI is InChI=1S/C14H13BrF2N2/c1-8-4-3-5-11(19-8)14(18-2)12-10(16)7-6-9(15)13(12)17/h3-7,14,18H,1-2H3. The fourth-order valence-corrected chi connectivity index (χ4v) is 2.32. The zero-order valence-corrected chi connectivity index (χ0v) is 12.1. The molecule has 0 aliphatic rings. The first-order chi connectivity index (χ1) is 9.04. The molecule has 1 unspecified atom stereocenters. The van der Waals surface area contributed by atoms with Crippen LogP contribution >= 0.6 is 15.9 Å². The molecule has 0 saturated heterocycles. The highest BCUT2D eigenvalue weighted by Crippen LogP contribution is 2.29. The lowest BCUT2D eigenvalue weighted by atomic mass is 10.0. The van der Waals surface area contributed by atoms with E-state index < -0.39 is 17.7 Å². The highest BCUT2D eigenvalue weighted by atomic mass is 79.9. The molecule has 100 valence electrons. The minimum absolute atomic E-state index is 0.0324. The van der Waals surface area contributed by atoms with E-state index >= 15 is 0 Å². The van der Waals surface area contributed by atoms with Crippen LogP contribution in [0.3, 0.4) is 0 Å². The lowest BCUT2D eigenvalue weighted by Crippen LogP contribution is -2.22. The van der Waals surface area contributed by atoms with Gasteiger partial charge in [0.1, 0.15) is 11.6 Å². The number of aryl methyl sites for hydroxylation is 1. The monoisotopic (exact) mass is 326 g/mol. The zero-order valence-electron chi connectivity index (χ0n) is 10.5. The summed E-state index contributed by atoms with van der Waals surface area (Å²) < 4.78 is 28.3. The minimum atomic E-state index is -0.627. The van der Waals surface area contributed by atoms with E-state index in [1.165, 1.54) is 12.1 Å². The Bertz CT molecular complexity index is 602. The number of rotatable bonds is 3. The second-order valence-corrected chi connectivity index (χ2v) is 5.04. The third-order valence-corrected chi connectivity index (χ3v) is 3.47. The summed E-state index contributed by atoms with van der Waals surface area (Å²) in [7, 11) is 1.65. The first kappa shape index (κ1) is 14.1. The van der Waals surface area contributed by atoms with Gasteiger partial charge in [-0.25, -0.2) is 8.78 Å². The van der Waals surface area contributed by atoms with Crippen LogP contribution in [0.15, 0.2) is 34.8 Å². The van der Waals surface area contributed by atoms with Gasteiger partial charge in [0.05, 0.1) is 16.2 Å². The normalized spacial score (nSPS) is 12.5. The van der Waals surface area contributed by atoms with Crippen molar-refractivity contribution in [2.45, 2.75) is 13.0 Å². The van der Waals surface area contributed by atoms with Crippen molar-refractivity contribution in [3.8, 4) is 0 Å². The van der Waals surface area contributed by atoms with Crippen molar-refractivity contribution in [1.29, 1.82) is 0 Å². The lowest BCUT2D eigenvalue weighted by molar-refractivity contribution is 0.514. The topological polar surface area (TPSA) is 24.9 Å². The number of benzene rings is 1. The fourth-order valence-electron chi connectivity index (χ4n) is 1.97. The van der Waals surface area contributed by atoms with Gasteiger partial charge in [-0.2, -0.15) is 0 Å². The van der Waals surface area contributed by atoms with Gasteiger partial charge in [-0.05, 0) is 54.2 Å². The number of halogens is 3. The number of hydrogen-bond acceptors (Lipinski definition) is 2. The molecular weight excluding hydrogens is 314 g/mol. The summed E-state index contributed by atoms with van der Waals surface area (Å²) in [4.78, 5) is 4.32. The Balaban J connectivity index is 2.57. The van der Waals surface area contributed by atoms with Crippen LogP contribution < -0.4 is 5.32 Å². The van der Waals surface area contributed by atoms with Crippen LogP contribution in [0, 0.1) is 18.6 Å². The van der Waals surface area contributed by atoms with E-state index in [0.717, 1.165) is 5.69 Å². The molecule has 19 heavy (non-hydrogen) atoms. The van der Waals surface area contributed by atoms with Gasteiger partial charge in [0, 0.05) is 11.3 Å². The van der Waals surface area contributed by atoms with Crippen LogP contribution in [0.1, 0.15) is 23.0 Å². The largest absolute Gasteiger partial charge is 0.308 e. The molecule has 0 aliphatic carbocycles. The average Bonchev–Trinajstić information content (AvgIpc) is 2.39. The molecule has 2 aromatic rings. The average molecular weight is 327 g/mol. The summed E-state index contributed by atoms with van der Waals surface area (Å²) in [5.41, 5.74) is 1.35. The maximum atomic E-state index is 14.1. The molecule has 2 rings (SSSR count). The summed E-state index contributed by atoms with van der Waals surface area (Å²) in [5, 5.41) is 2.91. The van der Waals surface area contributed by atoms with Crippen LogP contribution in [0.25, 0.3) is 0 Å². The summed E-state index contributed by atoms with van der Waals surface area (Å²) in [6.45, 7) is 1.84. The predicted molar refractivity (Wildman–Crippen MR) is 73.9 cm³/mol.